The highest BCUT2D eigenvalue weighted by Gasteiger charge is 2.34. The molecular weight excluding hydrogens is 272 g/mol. The summed E-state index contributed by atoms with van der Waals surface area (Å²) in [6.45, 7) is 8.98. The van der Waals surface area contributed by atoms with Gasteiger partial charge >= 0.3 is 14.8 Å². The Hall–Kier alpha value is -0.259. The number of hydrogen-bond donors (Lipinski definition) is 1. The second kappa shape index (κ2) is 8.78. The molecule has 5 nitrogen and oxygen atoms in total. The Bertz CT molecular complexity index is 253. The van der Waals surface area contributed by atoms with Gasteiger partial charge in [-0.15, -0.1) is 0 Å². The van der Waals surface area contributed by atoms with Crippen molar-refractivity contribution in [3.8, 4) is 0 Å². The van der Waals surface area contributed by atoms with E-state index in [2.05, 4.69) is 6.58 Å². The summed E-state index contributed by atoms with van der Waals surface area (Å²) < 4.78 is 15.5. The molecule has 0 aliphatic carbocycles. The summed E-state index contributed by atoms with van der Waals surface area (Å²) in [5.41, 5.74) is 0.370. The fourth-order valence-electron chi connectivity index (χ4n) is 1.03. The van der Waals surface area contributed by atoms with Crippen molar-refractivity contribution in [2.75, 3.05) is 6.61 Å². The molecule has 0 aliphatic rings. The van der Waals surface area contributed by atoms with Crippen LogP contribution in [0.5, 0.6) is 0 Å². The number of hydrogen-bond acceptors (Lipinski definition) is 5. The number of ether oxygens (including phenoxy) is 1. The summed E-state index contributed by atoms with van der Waals surface area (Å²) in [4.78, 5) is 21.1. The summed E-state index contributed by atoms with van der Waals surface area (Å²) in [6.07, 6.45) is 0.525. The van der Waals surface area contributed by atoms with Crippen molar-refractivity contribution < 1.29 is 22.6 Å². The van der Waals surface area contributed by atoms with Gasteiger partial charge in [-0.05, 0) is 26.4 Å². The van der Waals surface area contributed by atoms with Gasteiger partial charge in [-0.25, -0.2) is 4.79 Å². The zero-order valence-corrected chi connectivity index (χ0v) is 13.4. The highest BCUT2D eigenvalue weighted by Crippen LogP contribution is 2.12. The van der Waals surface area contributed by atoms with Crippen LogP contribution in [0.3, 0.4) is 0 Å². The van der Waals surface area contributed by atoms with E-state index in [1.54, 1.807) is 6.92 Å². The van der Waals surface area contributed by atoms with E-state index in [-0.39, 0.29) is 26.1 Å². The van der Waals surface area contributed by atoms with Crippen LogP contribution in [0.1, 0.15) is 13.3 Å². The van der Waals surface area contributed by atoms with E-state index in [9.17, 15) is 9.59 Å². The maximum atomic E-state index is 11.1. The van der Waals surface area contributed by atoms with Crippen LogP contribution in [0, 0.1) is 0 Å². The summed E-state index contributed by atoms with van der Waals surface area (Å²) >= 11 is 0. The van der Waals surface area contributed by atoms with Crippen molar-refractivity contribution >= 4 is 34.3 Å². The minimum absolute atomic E-state index is 0.192. The van der Waals surface area contributed by atoms with Crippen molar-refractivity contribution in [2.45, 2.75) is 32.5 Å². The first-order valence-corrected chi connectivity index (χ1v) is 9.98. The molecule has 1 N–H and O–H groups in total. The third-order valence-corrected chi connectivity index (χ3v) is 6.91. The second-order valence-electron chi connectivity index (χ2n) is 3.34. The lowest BCUT2D eigenvalue weighted by Crippen LogP contribution is -2.44. The Balaban J connectivity index is 3.90. The van der Waals surface area contributed by atoms with Crippen molar-refractivity contribution in [2.24, 2.45) is 0 Å². The fraction of sp³-hybridized carbons (Fsp3) is 0.667. The van der Waals surface area contributed by atoms with Gasteiger partial charge < -0.3 is 17.8 Å². The molecule has 0 aliphatic heterocycles. The van der Waals surface area contributed by atoms with Crippen LogP contribution < -0.4 is 0 Å². The third kappa shape index (κ3) is 7.63. The molecule has 8 heteroatoms. The fourth-order valence-corrected chi connectivity index (χ4v) is 5.53. The van der Waals surface area contributed by atoms with Gasteiger partial charge in [-0.3, -0.25) is 0 Å². The van der Waals surface area contributed by atoms with Crippen molar-refractivity contribution in [3.63, 3.8) is 0 Å². The van der Waals surface area contributed by atoms with E-state index < -0.39 is 14.8 Å². The third-order valence-electron chi connectivity index (χ3n) is 1.74. The van der Waals surface area contributed by atoms with Crippen LogP contribution in [0.25, 0.3) is 0 Å². The topological polar surface area (TPSA) is 65.0 Å². The van der Waals surface area contributed by atoms with Gasteiger partial charge in [0.2, 0.25) is 19.5 Å². The Morgan fingerprint density at radius 2 is 1.88 bits per heavy atom. The molecule has 0 unspecified atom stereocenters. The lowest BCUT2D eigenvalue weighted by atomic mass is 10.4. The molecule has 96 valence electrons. The van der Waals surface area contributed by atoms with Crippen LogP contribution in [-0.2, 0) is 17.8 Å². The molecule has 0 saturated carbocycles. The van der Waals surface area contributed by atoms with Gasteiger partial charge in [0.25, 0.3) is 0 Å². The van der Waals surface area contributed by atoms with E-state index in [4.69, 9.17) is 13.0 Å². The summed E-state index contributed by atoms with van der Waals surface area (Å²) in [5, 5.41) is 0. The molecule has 0 saturated heterocycles. The average Bonchev–Trinajstić information content (AvgIpc) is 2.24. The van der Waals surface area contributed by atoms with Gasteiger partial charge in [0.05, 0.1) is 6.61 Å². The summed E-state index contributed by atoms with van der Waals surface area (Å²) in [6, 6.07) is 0.401. The lowest BCUT2D eigenvalue weighted by Gasteiger charge is -2.23. The smallest absolute Gasteiger partial charge is 0.462 e. The zero-order chi connectivity index (χ0) is 13.3. The van der Waals surface area contributed by atoms with Gasteiger partial charge in [-0.1, -0.05) is 6.58 Å². The number of rotatable bonds is 9. The number of esters is 1. The molecular formula is C9H18O5Si3. The Morgan fingerprint density at radius 3 is 2.29 bits per heavy atom. The molecule has 0 spiro atoms. The maximum Gasteiger partial charge on any atom is 0.477 e. The Morgan fingerprint density at radius 1 is 1.35 bits per heavy atom. The highest BCUT2D eigenvalue weighted by molar-refractivity contribution is 6.68. The van der Waals surface area contributed by atoms with E-state index in [1.807, 2.05) is 13.1 Å². The number of carbonyl (C=O) groups is 1. The molecule has 0 heterocycles. The van der Waals surface area contributed by atoms with Crippen LogP contribution >= 0.6 is 0 Å². The minimum atomic E-state index is -3.04. The van der Waals surface area contributed by atoms with Gasteiger partial charge in [-0.2, -0.15) is 0 Å². The molecule has 0 aromatic carbocycles. The Labute approximate surface area is 108 Å². The van der Waals surface area contributed by atoms with E-state index in [0.29, 0.717) is 18.0 Å². The maximum absolute atomic E-state index is 11.1. The molecule has 0 aromatic heterocycles. The first kappa shape index (κ1) is 16.7. The quantitative estimate of drug-likeness (QED) is 0.294. The molecule has 0 bridgehead atoms. The molecule has 0 rings (SSSR count). The van der Waals surface area contributed by atoms with Crippen molar-refractivity contribution in [1.29, 1.82) is 0 Å². The van der Waals surface area contributed by atoms with E-state index >= 15 is 0 Å². The number of carbonyl (C=O) groups excluding carboxylic acids is 1. The first-order chi connectivity index (χ1) is 7.95. The van der Waals surface area contributed by atoms with Crippen LogP contribution in [0.15, 0.2) is 12.2 Å². The standard InChI is InChI=1S/C9H18O5Si3/c1-8(2)9(10)12-6-5-7-17(11,13-15-3)14-16-4/h11H,1,5-7H2,2-4H3. The van der Waals surface area contributed by atoms with Crippen LogP contribution in [-0.4, -0.2) is 45.7 Å². The predicted molar refractivity (Wildman–Crippen MR) is 68.6 cm³/mol. The zero-order valence-electron chi connectivity index (χ0n) is 10.4. The van der Waals surface area contributed by atoms with Gasteiger partial charge in [0.1, 0.15) is 0 Å². The Kier molecular flexibility index (Phi) is 8.64. The van der Waals surface area contributed by atoms with E-state index in [0.717, 1.165) is 0 Å². The SMILES string of the molecule is C=C(C)C(=O)OCCC[Si](O)(O[Si]C)O[Si]C. The summed E-state index contributed by atoms with van der Waals surface area (Å²) in [7, 11) is -2.65. The molecule has 17 heavy (non-hydrogen) atoms. The normalized spacial score (nSPS) is 11.3. The summed E-state index contributed by atoms with van der Waals surface area (Å²) in [5.74, 6) is -0.410. The second-order valence-corrected chi connectivity index (χ2v) is 7.72. The average molecular weight is 290 g/mol. The highest BCUT2D eigenvalue weighted by atomic mass is 28.4. The first-order valence-electron chi connectivity index (χ1n) is 5.19. The van der Waals surface area contributed by atoms with Gasteiger partial charge in [0.15, 0.2) is 0 Å². The van der Waals surface area contributed by atoms with Crippen molar-refractivity contribution in [3.05, 3.63) is 12.2 Å². The minimum Gasteiger partial charge on any atom is -0.462 e. The monoisotopic (exact) mass is 290 g/mol. The van der Waals surface area contributed by atoms with Crippen LogP contribution in [0.4, 0.5) is 0 Å². The predicted octanol–water partition coefficient (Wildman–Crippen LogP) is 0.795. The molecule has 0 amide bonds. The molecule has 0 aromatic rings. The van der Waals surface area contributed by atoms with E-state index in [1.165, 1.54) is 0 Å². The lowest BCUT2D eigenvalue weighted by molar-refractivity contribution is -0.138. The molecule has 4 radical (unpaired) electrons. The largest absolute Gasteiger partial charge is 0.477 e. The molecule has 0 atom stereocenters. The molecule has 0 fully saturated rings. The van der Waals surface area contributed by atoms with Crippen LogP contribution in [0.2, 0.25) is 19.1 Å². The van der Waals surface area contributed by atoms with Crippen molar-refractivity contribution in [1.82, 2.24) is 0 Å². The van der Waals surface area contributed by atoms with Gasteiger partial charge in [0, 0.05) is 11.6 Å².